The number of benzene rings is 2. The molecule has 0 radical (unpaired) electrons. The van der Waals surface area contributed by atoms with Gasteiger partial charge in [-0.1, -0.05) is 18.2 Å². The normalized spacial score (nSPS) is 10.9. The van der Waals surface area contributed by atoms with Crippen molar-refractivity contribution in [3.63, 3.8) is 0 Å². The van der Waals surface area contributed by atoms with E-state index in [0.29, 0.717) is 11.4 Å². The topological polar surface area (TPSA) is 72.7 Å². The summed E-state index contributed by atoms with van der Waals surface area (Å²) in [6.07, 6.45) is -0.544. The number of hydrogen-bond acceptors (Lipinski definition) is 4. The second kappa shape index (κ2) is 6.48. The predicted octanol–water partition coefficient (Wildman–Crippen LogP) is 4.67. The lowest BCUT2D eigenvalue weighted by Crippen LogP contribution is -2.33. The van der Waals surface area contributed by atoms with Gasteiger partial charge in [0.25, 0.3) is 5.69 Å². The molecular formula is C17H18N2O4. The van der Waals surface area contributed by atoms with Crippen LogP contribution in [-0.2, 0) is 4.74 Å². The van der Waals surface area contributed by atoms with E-state index in [1.54, 1.807) is 45.0 Å². The van der Waals surface area contributed by atoms with E-state index in [1.807, 2.05) is 6.07 Å². The van der Waals surface area contributed by atoms with Crippen molar-refractivity contribution in [3.05, 3.63) is 64.7 Å². The van der Waals surface area contributed by atoms with Crippen LogP contribution < -0.4 is 4.90 Å². The molecule has 2 aromatic carbocycles. The second-order valence-electron chi connectivity index (χ2n) is 5.92. The summed E-state index contributed by atoms with van der Waals surface area (Å²) in [4.78, 5) is 24.2. The molecule has 0 fully saturated rings. The second-order valence-corrected chi connectivity index (χ2v) is 5.92. The third-order valence-electron chi connectivity index (χ3n) is 2.91. The van der Waals surface area contributed by atoms with Crippen molar-refractivity contribution < 1.29 is 14.5 Å². The summed E-state index contributed by atoms with van der Waals surface area (Å²) in [7, 11) is 0. The van der Waals surface area contributed by atoms with Crippen molar-refractivity contribution in [1.82, 2.24) is 0 Å². The lowest BCUT2D eigenvalue weighted by molar-refractivity contribution is -0.384. The first-order valence-electron chi connectivity index (χ1n) is 7.10. The highest BCUT2D eigenvalue weighted by molar-refractivity contribution is 5.96. The van der Waals surface area contributed by atoms with Gasteiger partial charge in [0.1, 0.15) is 5.60 Å². The van der Waals surface area contributed by atoms with Gasteiger partial charge < -0.3 is 4.74 Å². The average molecular weight is 314 g/mol. The molecule has 0 aliphatic rings. The molecule has 6 heteroatoms. The molecule has 0 aliphatic carbocycles. The first-order chi connectivity index (χ1) is 10.8. The first-order valence-corrected chi connectivity index (χ1v) is 7.10. The van der Waals surface area contributed by atoms with Crippen LogP contribution in [0.2, 0.25) is 0 Å². The Kier molecular flexibility index (Phi) is 4.64. The molecule has 0 aromatic heterocycles. The zero-order valence-electron chi connectivity index (χ0n) is 13.2. The summed E-state index contributed by atoms with van der Waals surface area (Å²) in [6.45, 7) is 5.34. The smallest absolute Gasteiger partial charge is 0.419 e. The van der Waals surface area contributed by atoms with E-state index >= 15 is 0 Å². The number of ether oxygens (including phenoxy) is 1. The zero-order valence-corrected chi connectivity index (χ0v) is 13.2. The lowest BCUT2D eigenvalue weighted by atomic mass is 10.2. The van der Waals surface area contributed by atoms with Crippen molar-refractivity contribution in [3.8, 4) is 0 Å². The maximum Gasteiger partial charge on any atom is 0.419 e. The number of nitro groups is 1. The Bertz CT molecular complexity index is 691. The van der Waals surface area contributed by atoms with Crippen LogP contribution in [0.5, 0.6) is 0 Å². The fraction of sp³-hybridized carbons (Fsp3) is 0.235. The molecule has 1 amide bonds. The summed E-state index contributed by atoms with van der Waals surface area (Å²) < 4.78 is 5.44. The number of anilines is 2. The third-order valence-corrected chi connectivity index (χ3v) is 2.91. The van der Waals surface area contributed by atoms with Gasteiger partial charge in [0.05, 0.1) is 16.3 Å². The Hall–Kier alpha value is -2.89. The highest BCUT2D eigenvalue weighted by Crippen LogP contribution is 2.29. The van der Waals surface area contributed by atoms with Gasteiger partial charge in [-0.15, -0.1) is 0 Å². The van der Waals surface area contributed by atoms with Crippen LogP contribution in [0.15, 0.2) is 54.6 Å². The Balaban J connectivity index is 2.41. The standard InChI is InChI=1S/C17H18N2O4/c1-17(2,3)23-16(20)18(13-7-5-4-6-8-13)14-9-11-15(12-10-14)19(21)22/h4-12H,1-3H3. The third kappa shape index (κ3) is 4.29. The molecular weight excluding hydrogens is 296 g/mol. The van der Waals surface area contributed by atoms with E-state index in [9.17, 15) is 14.9 Å². The molecule has 23 heavy (non-hydrogen) atoms. The maximum atomic E-state index is 12.5. The molecule has 0 saturated heterocycles. The van der Waals surface area contributed by atoms with Gasteiger partial charge >= 0.3 is 6.09 Å². The molecule has 0 N–H and O–H groups in total. The molecule has 0 heterocycles. The van der Waals surface area contributed by atoms with Crippen molar-refractivity contribution in [2.45, 2.75) is 26.4 Å². The minimum atomic E-state index is -0.648. The number of nitrogens with zero attached hydrogens (tertiary/aromatic N) is 2. The van der Waals surface area contributed by atoms with Gasteiger partial charge in [-0.2, -0.15) is 0 Å². The molecule has 6 nitrogen and oxygen atoms in total. The molecule has 2 aromatic rings. The largest absolute Gasteiger partial charge is 0.443 e. The zero-order chi connectivity index (χ0) is 17.0. The van der Waals surface area contributed by atoms with Gasteiger partial charge in [0, 0.05) is 12.1 Å². The van der Waals surface area contributed by atoms with E-state index in [4.69, 9.17) is 4.74 Å². The van der Waals surface area contributed by atoms with Crippen LogP contribution in [0.3, 0.4) is 0 Å². The van der Waals surface area contributed by atoms with Gasteiger partial charge in [-0.05, 0) is 45.0 Å². The Labute approximate surface area is 134 Å². The molecule has 0 unspecified atom stereocenters. The Morgan fingerprint density at radius 1 is 1.00 bits per heavy atom. The summed E-state index contributed by atoms with van der Waals surface area (Å²) in [5.74, 6) is 0. The highest BCUT2D eigenvalue weighted by Gasteiger charge is 2.25. The van der Waals surface area contributed by atoms with Gasteiger partial charge in [-0.3, -0.25) is 10.1 Å². The Morgan fingerprint density at radius 2 is 1.52 bits per heavy atom. The molecule has 0 aliphatic heterocycles. The summed E-state index contributed by atoms with van der Waals surface area (Å²) in [5, 5.41) is 10.8. The van der Waals surface area contributed by atoms with Crippen LogP contribution in [-0.4, -0.2) is 16.6 Å². The molecule has 0 spiro atoms. The van der Waals surface area contributed by atoms with E-state index in [1.165, 1.54) is 29.2 Å². The number of carbonyl (C=O) groups excluding carboxylic acids is 1. The van der Waals surface area contributed by atoms with E-state index in [0.717, 1.165) is 0 Å². The number of para-hydroxylation sites is 1. The monoisotopic (exact) mass is 314 g/mol. The fourth-order valence-electron chi connectivity index (χ4n) is 1.97. The number of carbonyl (C=O) groups is 1. The number of rotatable bonds is 3. The molecule has 0 atom stereocenters. The highest BCUT2D eigenvalue weighted by atomic mass is 16.6. The first kappa shape index (κ1) is 16.5. The number of nitro benzene ring substituents is 1. The van der Waals surface area contributed by atoms with Crippen molar-refractivity contribution in [1.29, 1.82) is 0 Å². The number of amides is 1. The van der Waals surface area contributed by atoms with Crippen molar-refractivity contribution in [2.24, 2.45) is 0 Å². The summed E-state index contributed by atoms with van der Waals surface area (Å²) in [5.41, 5.74) is 0.433. The van der Waals surface area contributed by atoms with Gasteiger partial charge in [0.15, 0.2) is 0 Å². The van der Waals surface area contributed by atoms with Crippen LogP contribution in [0.4, 0.5) is 21.9 Å². The van der Waals surface area contributed by atoms with Crippen LogP contribution in [0.25, 0.3) is 0 Å². The summed E-state index contributed by atoms with van der Waals surface area (Å²) >= 11 is 0. The van der Waals surface area contributed by atoms with Gasteiger partial charge in [0.2, 0.25) is 0 Å². The molecule has 2 rings (SSSR count). The average Bonchev–Trinajstić information content (AvgIpc) is 2.47. The number of hydrogen-bond donors (Lipinski definition) is 0. The maximum absolute atomic E-state index is 12.5. The minimum absolute atomic E-state index is 0.0362. The predicted molar refractivity (Wildman–Crippen MR) is 87.9 cm³/mol. The Morgan fingerprint density at radius 3 is 2.00 bits per heavy atom. The van der Waals surface area contributed by atoms with E-state index in [2.05, 4.69) is 0 Å². The molecule has 0 bridgehead atoms. The lowest BCUT2D eigenvalue weighted by Gasteiger charge is -2.27. The SMILES string of the molecule is CC(C)(C)OC(=O)N(c1ccccc1)c1ccc([N+](=O)[O-])cc1. The van der Waals surface area contributed by atoms with Crippen molar-refractivity contribution >= 4 is 23.2 Å². The summed E-state index contributed by atoms with van der Waals surface area (Å²) in [6, 6.07) is 14.7. The van der Waals surface area contributed by atoms with Crippen LogP contribution in [0.1, 0.15) is 20.8 Å². The van der Waals surface area contributed by atoms with E-state index < -0.39 is 16.6 Å². The van der Waals surface area contributed by atoms with Crippen molar-refractivity contribution in [2.75, 3.05) is 4.90 Å². The minimum Gasteiger partial charge on any atom is -0.443 e. The van der Waals surface area contributed by atoms with Crippen LogP contribution >= 0.6 is 0 Å². The quantitative estimate of drug-likeness (QED) is 0.609. The van der Waals surface area contributed by atoms with E-state index in [-0.39, 0.29) is 5.69 Å². The van der Waals surface area contributed by atoms with Crippen LogP contribution in [0, 0.1) is 10.1 Å². The molecule has 120 valence electrons. The molecule has 0 saturated carbocycles. The fourth-order valence-corrected chi connectivity index (χ4v) is 1.97. The van der Waals surface area contributed by atoms with Gasteiger partial charge in [-0.25, -0.2) is 9.69 Å². The number of non-ortho nitro benzene ring substituents is 1.